The monoisotopic (exact) mass is 268 g/mol. The van der Waals surface area contributed by atoms with Crippen LogP contribution in [0.1, 0.15) is 57.2 Å². The Morgan fingerprint density at radius 2 is 2.11 bits per heavy atom. The van der Waals surface area contributed by atoms with Gasteiger partial charge in [-0.2, -0.15) is 0 Å². The van der Waals surface area contributed by atoms with Gasteiger partial charge in [0.2, 0.25) is 0 Å². The van der Waals surface area contributed by atoms with Crippen molar-refractivity contribution < 1.29 is 0 Å². The zero-order valence-corrected chi connectivity index (χ0v) is 13.1. The van der Waals surface area contributed by atoms with E-state index in [4.69, 9.17) is 0 Å². The molecule has 0 saturated heterocycles. The van der Waals surface area contributed by atoms with Gasteiger partial charge in [0.1, 0.15) is 0 Å². The smallest absolute Gasteiger partial charge is 0.0897 e. The maximum atomic E-state index is 4.59. The average molecular weight is 268 g/mol. The second-order valence-corrected chi connectivity index (χ2v) is 6.40. The number of aryl methyl sites for hydroxylation is 1. The molecule has 1 heterocycles. The Labute approximate surface area is 116 Å². The van der Waals surface area contributed by atoms with Crippen LogP contribution < -0.4 is 5.32 Å². The normalized spacial score (nSPS) is 14.7. The van der Waals surface area contributed by atoms with Crippen molar-refractivity contribution >= 4 is 11.3 Å². The van der Waals surface area contributed by atoms with Gasteiger partial charge < -0.3 is 5.32 Å². The highest BCUT2D eigenvalue weighted by molar-refractivity contribution is 7.09. The fourth-order valence-electron chi connectivity index (χ4n) is 2.44. The first-order valence-electron chi connectivity index (χ1n) is 7.30. The lowest BCUT2D eigenvalue weighted by Gasteiger charge is -2.21. The number of nitrogens with one attached hydrogen (secondary N) is 1. The van der Waals surface area contributed by atoms with Crippen molar-refractivity contribution in [1.82, 2.24) is 10.3 Å². The highest BCUT2D eigenvalue weighted by atomic mass is 32.1. The Bertz CT molecular complexity index is 322. The van der Waals surface area contributed by atoms with E-state index >= 15 is 0 Å². The molecule has 0 aliphatic rings. The summed E-state index contributed by atoms with van der Waals surface area (Å²) in [6, 6.07) is 0.591. The molecule has 0 aromatic carbocycles. The van der Waals surface area contributed by atoms with Gasteiger partial charge in [-0.3, -0.25) is 0 Å². The third-order valence-electron chi connectivity index (χ3n) is 3.27. The summed E-state index contributed by atoms with van der Waals surface area (Å²) in [5.41, 5.74) is 1.26. The van der Waals surface area contributed by atoms with Gasteiger partial charge in [-0.15, -0.1) is 11.3 Å². The van der Waals surface area contributed by atoms with E-state index in [0.29, 0.717) is 6.04 Å². The van der Waals surface area contributed by atoms with Crippen LogP contribution in [-0.4, -0.2) is 17.6 Å². The molecule has 0 aliphatic carbocycles. The van der Waals surface area contributed by atoms with Crippen LogP contribution in [-0.2, 0) is 6.42 Å². The maximum absolute atomic E-state index is 4.59. The van der Waals surface area contributed by atoms with Crippen LogP contribution >= 0.6 is 11.3 Å². The Kier molecular flexibility index (Phi) is 7.52. The molecule has 0 radical (unpaired) electrons. The van der Waals surface area contributed by atoms with E-state index in [9.17, 15) is 0 Å². The van der Waals surface area contributed by atoms with Gasteiger partial charge in [0, 0.05) is 17.8 Å². The Balaban J connectivity index is 2.48. The molecule has 104 valence electrons. The van der Waals surface area contributed by atoms with Gasteiger partial charge in [0.05, 0.1) is 10.7 Å². The highest BCUT2D eigenvalue weighted by Gasteiger charge is 2.14. The predicted octanol–water partition coefficient (Wildman–Crippen LogP) is 4.19. The fraction of sp³-hybridized carbons (Fsp3) is 0.800. The third-order valence-corrected chi connectivity index (χ3v) is 4.10. The topological polar surface area (TPSA) is 24.9 Å². The molecule has 1 aromatic rings. The highest BCUT2D eigenvalue weighted by Crippen LogP contribution is 2.17. The van der Waals surface area contributed by atoms with E-state index in [1.165, 1.54) is 36.4 Å². The number of hydrogen-bond donors (Lipinski definition) is 1. The number of hydrogen-bond acceptors (Lipinski definition) is 3. The minimum Gasteiger partial charge on any atom is -0.314 e. The summed E-state index contributed by atoms with van der Waals surface area (Å²) in [6.45, 7) is 10.1. The summed E-state index contributed by atoms with van der Waals surface area (Å²) >= 11 is 1.76. The van der Waals surface area contributed by atoms with E-state index in [-0.39, 0.29) is 0 Å². The Morgan fingerprint density at radius 1 is 1.33 bits per heavy atom. The van der Waals surface area contributed by atoms with E-state index < -0.39 is 0 Å². The fourth-order valence-corrected chi connectivity index (χ4v) is 3.06. The SMILES string of the molecule is CCCNC(Cc1csc(C)n1)CC(C)CCC. The molecule has 1 N–H and O–H groups in total. The summed E-state index contributed by atoms with van der Waals surface area (Å²) in [5, 5.41) is 7.07. The summed E-state index contributed by atoms with van der Waals surface area (Å²) in [4.78, 5) is 4.59. The minimum atomic E-state index is 0.591. The van der Waals surface area contributed by atoms with Crippen LogP contribution in [0.3, 0.4) is 0 Å². The first-order valence-corrected chi connectivity index (χ1v) is 8.18. The van der Waals surface area contributed by atoms with Crippen LogP contribution in [0.2, 0.25) is 0 Å². The average Bonchev–Trinajstić information content (AvgIpc) is 2.72. The Morgan fingerprint density at radius 3 is 2.67 bits per heavy atom. The molecule has 1 rings (SSSR count). The first kappa shape index (κ1) is 15.6. The quantitative estimate of drug-likeness (QED) is 0.726. The number of thiazole rings is 1. The summed E-state index contributed by atoms with van der Waals surface area (Å²) in [6.07, 6.45) is 6.18. The predicted molar refractivity (Wildman–Crippen MR) is 81.3 cm³/mol. The molecule has 0 amide bonds. The summed E-state index contributed by atoms with van der Waals surface area (Å²) in [7, 11) is 0. The van der Waals surface area contributed by atoms with Crippen molar-refractivity contribution in [2.24, 2.45) is 5.92 Å². The first-order chi connectivity index (χ1) is 8.65. The van der Waals surface area contributed by atoms with Crippen molar-refractivity contribution in [3.05, 3.63) is 16.1 Å². The lowest BCUT2D eigenvalue weighted by molar-refractivity contribution is 0.379. The maximum Gasteiger partial charge on any atom is 0.0897 e. The molecule has 2 atom stereocenters. The van der Waals surface area contributed by atoms with Gasteiger partial charge in [-0.25, -0.2) is 4.98 Å². The molecule has 0 saturated carbocycles. The van der Waals surface area contributed by atoms with Gasteiger partial charge in [0.15, 0.2) is 0 Å². The number of nitrogens with zero attached hydrogens (tertiary/aromatic N) is 1. The molecule has 2 unspecified atom stereocenters. The van der Waals surface area contributed by atoms with Crippen molar-refractivity contribution in [3.63, 3.8) is 0 Å². The van der Waals surface area contributed by atoms with Crippen LogP contribution in [0.4, 0.5) is 0 Å². The van der Waals surface area contributed by atoms with Gasteiger partial charge >= 0.3 is 0 Å². The van der Waals surface area contributed by atoms with Crippen LogP contribution in [0.5, 0.6) is 0 Å². The molecule has 1 aromatic heterocycles. The lowest BCUT2D eigenvalue weighted by Crippen LogP contribution is -2.33. The summed E-state index contributed by atoms with van der Waals surface area (Å²) in [5.74, 6) is 0.809. The zero-order chi connectivity index (χ0) is 13.4. The standard InChI is InChI=1S/C15H28N2S/c1-5-7-12(3)9-14(16-8-6-2)10-15-11-18-13(4)17-15/h11-12,14,16H,5-10H2,1-4H3. The minimum absolute atomic E-state index is 0.591. The molecular weight excluding hydrogens is 240 g/mol. The van der Waals surface area contributed by atoms with Crippen molar-refractivity contribution in [1.29, 1.82) is 0 Å². The molecule has 2 nitrogen and oxygen atoms in total. The van der Waals surface area contributed by atoms with Gasteiger partial charge in [-0.1, -0.05) is 33.6 Å². The molecule has 18 heavy (non-hydrogen) atoms. The van der Waals surface area contributed by atoms with Crippen molar-refractivity contribution in [3.8, 4) is 0 Å². The van der Waals surface area contributed by atoms with Crippen LogP contribution in [0.25, 0.3) is 0 Å². The van der Waals surface area contributed by atoms with Crippen LogP contribution in [0.15, 0.2) is 5.38 Å². The van der Waals surface area contributed by atoms with E-state index in [1.54, 1.807) is 11.3 Å². The van der Waals surface area contributed by atoms with Crippen molar-refractivity contribution in [2.45, 2.75) is 65.8 Å². The molecule has 0 bridgehead atoms. The zero-order valence-electron chi connectivity index (χ0n) is 12.3. The second-order valence-electron chi connectivity index (χ2n) is 5.34. The Hall–Kier alpha value is -0.410. The third kappa shape index (κ3) is 5.96. The molecule has 0 spiro atoms. The number of rotatable bonds is 9. The molecule has 3 heteroatoms. The van der Waals surface area contributed by atoms with Crippen molar-refractivity contribution in [2.75, 3.05) is 6.54 Å². The lowest BCUT2D eigenvalue weighted by atomic mass is 9.95. The van der Waals surface area contributed by atoms with E-state index in [1.807, 2.05) is 0 Å². The van der Waals surface area contributed by atoms with Gasteiger partial charge in [-0.05, 0) is 32.2 Å². The molecule has 0 aliphatic heterocycles. The molecular formula is C15H28N2S. The van der Waals surface area contributed by atoms with E-state index in [0.717, 1.165) is 18.9 Å². The second kappa shape index (κ2) is 8.65. The molecule has 0 fully saturated rings. The van der Waals surface area contributed by atoms with E-state index in [2.05, 4.69) is 43.4 Å². The van der Waals surface area contributed by atoms with Gasteiger partial charge in [0.25, 0.3) is 0 Å². The number of aromatic nitrogens is 1. The summed E-state index contributed by atoms with van der Waals surface area (Å²) < 4.78 is 0. The van der Waals surface area contributed by atoms with Crippen LogP contribution in [0, 0.1) is 12.8 Å². The largest absolute Gasteiger partial charge is 0.314 e.